The Morgan fingerprint density at radius 1 is 1.33 bits per heavy atom. The van der Waals surface area contributed by atoms with Gasteiger partial charge in [0.2, 0.25) is 5.91 Å². The maximum Gasteiger partial charge on any atom is 0.237 e. The van der Waals surface area contributed by atoms with Crippen molar-refractivity contribution in [2.24, 2.45) is 11.1 Å². The van der Waals surface area contributed by atoms with E-state index in [1.165, 1.54) is 5.56 Å². The molecule has 1 unspecified atom stereocenters. The van der Waals surface area contributed by atoms with Crippen LogP contribution in [0.2, 0.25) is 0 Å². The molecular formula is C14H20N2OS. The SMILES string of the molecule is CCc1ccc(NC(=O)C(C)(CC)C(N)=S)cc1. The molecule has 3 N–H and O–H groups in total. The first-order valence-corrected chi connectivity index (χ1v) is 6.55. The van der Waals surface area contributed by atoms with Crippen LogP contribution in [-0.4, -0.2) is 10.9 Å². The molecule has 1 aromatic rings. The molecule has 1 rings (SSSR count). The maximum atomic E-state index is 12.2. The van der Waals surface area contributed by atoms with Crippen molar-refractivity contribution >= 4 is 28.8 Å². The third-order valence-corrected chi connectivity index (χ3v) is 3.82. The molecule has 0 aliphatic rings. The van der Waals surface area contributed by atoms with Gasteiger partial charge in [0.05, 0.1) is 10.4 Å². The van der Waals surface area contributed by atoms with Gasteiger partial charge in [0.25, 0.3) is 0 Å². The van der Waals surface area contributed by atoms with Crippen LogP contribution in [-0.2, 0) is 11.2 Å². The summed E-state index contributed by atoms with van der Waals surface area (Å²) < 4.78 is 0. The minimum atomic E-state index is -0.793. The van der Waals surface area contributed by atoms with E-state index in [1.54, 1.807) is 6.92 Å². The van der Waals surface area contributed by atoms with Crippen LogP contribution in [0, 0.1) is 5.41 Å². The lowest BCUT2D eigenvalue weighted by molar-refractivity contribution is -0.121. The molecule has 18 heavy (non-hydrogen) atoms. The van der Waals surface area contributed by atoms with Crippen molar-refractivity contribution in [3.63, 3.8) is 0 Å². The molecule has 1 amide bonds. The number of aryl methyl sites for hydroxylation is 1. The van der Waals surface area contributed by atoms with Gasteiger partial charge in [0.15, 0.2) is 0 Å². The number of carbonyl (C=O) groups excluding carboxylic acids is 1. The first-order valence-electron chi connectivity index (χ1n) is 6.14. The number of hydrogen-bond donors (Lipinski definition) is 2. The molecule has 0 bridgehead atoms. The fourth-order valence-corrected chi connectivity index (χ4v) is 1.78. The first kappa shape index (κ1) is 14.6. The lowest BCUT2D eigenvalue weighted by Crippen LogP contribution is -2.43. The zero-order chi connectivity index (χ0) is 13.8. The third kappa shape index (κ3) is 3.07. The van der Waals surface area contributed by atoms with Gasteiger partial charge < -0.3 is 11.1 Å². The molecule has 0 aromatic heterocycles. The Balaban J connectivity index is 2.83. The average Bonchev–Trinajstić information content (AvgIpc) is 2.38. The number of carbonyl (C=O) groups is 1. The highest BCUT2D eigenvalue weighted by atomic mass is 32.1. The molecule has 1 aromatic carbocycles. The van der Waals surface area contributed by atoms with Crippen LogP contribution in [0.5, 0.6) is 0 Å². The first-order chi connectivity index (χ1) is 8.43. The summed E-state index contributed by atoms with van der Waals surface area (Å²) in [4.78, 5) is 12.4. The van der Waals surface area contributed by atoms with E-state index >= 15 is 0 Å². The zero-order valence-corrected chi connectivity index (χ0v) is 11.9. The molecule has 0 spiro atoms. The lowest BCUT2D eigenvalue weighted by atomic mass is 9.86. The van der Waals surface area contributed by atoms with Crippen LogP contribution in [0.4, 0.5) is 5.69 Å². The Morgan fingerprint density at radius 3 is 2.28 bits per heavy atom. The predicted octanol–water partition coefficient (Wildman–Crippen LogP) is 2.89. The van der Waals surface area contributed by atoms with Gasteiger partial charge in [-0.15, -0.1) is 0 Å². The summed E-state index contributed by atoms with van der Waals surface area (Å²) in [6.45, 7) is 5.76. The maximum absolute atomic E-state index is 12.2. The second-order valence-corrected chi connectivity index (χ2v) is 4.99. The molecule has 0 heterocycles. The summed E-state index contributed by atoms with van der Waals surface area (Å²) in [6.07, 6.45) is 1.56. The number of amides is 1. The Morgan fingerprint density at radius 2 is 1.89 bits per heavy atom. The quantitative estimate of drug-likeness (QED) is 0.804. The van der Waals surface area contributed by atoms with E-state index in [0.29, 0.717) is 6.42 Å². The van der Waals surface area contributed by atoms with Gasteiger partial charge >= 0.3 is 0 Å². The van der Waals surface area contributed by atoms with Gasteiger partial charge in [-0.1, -0.05) is 38.2 Å². The summed E-state index contributed by atoms with van der Waals surface area (Å²) in [6, 6.07) is 7.79. The number of benzene rings is 1. The molecule has 0 aliphatic heterocycles. The minimum Gasteiger partial charge on any atom is -0.392 e. The molecule has 0 saturated heterocycles. The number of nitrogens with two attached hydrogens (primary N) is 1. The van der Waals surface area contributed by atoms with Crippen LogP contribution < -0.4 is 11.1 Å². The van der Waals surface area contributed by atoms with E-state index in [2.05, 4.69) is 12.2 Å². The Bertz CT molecular complexity index is 442. The van der Waals surface area contributed by atoms with Gasteiger partial charge in [-0.2, -0.15) is 0 Å². The van der Waals surface area contributed by atoms with Gasteiger partial charge in [0.1, 0.15) is 0 Å². The van der Waals surface area contributed by atoms with Gasteiger partial charge in [-0.05, 0) is 37.5 Å². The molecular weight excluding hydrogens is 244 g/mol. The van der Waals surface area contributed by atoms with Crippen molar-refractivity contribution in [2.45, 2.75) is 33.6 Å². The third-order valence-electron chi connectivity index (χ3n) is 3.37. The summed E-state index contributed by atoms with van der Waals surface area (Å²) in [5, 5.41) is 2.86. The van der Waals surface area contributed by atoms with Gasteiger partial charge in [-0.25, -0.2) is 0 Å². The number of nitrogens with one attached hydrogen (secondary N) is 1. The van der Waals surface area contributed by atoms with Crippen molar-refractivity contribution in [2.75, 3.05) is 5.32 Å². The fraction of sp³-hybridized carbons (Fsp3) is 0.429. The zero-order valence-electron chi connectivity index (χ0n) is 11.1. The van der Waals surface area contributed by atoms with Crippen LogP contribution >= 0.6 is 12.2 Å². The highest BCUT2D eigenvalue weighted by Gasteiger charge is 2.34. The Hall–Kier alpha value is -1.42. The van der Waals surface area contributed by atoms with Crippen LogP contribution in [0.25, 0.3) is 0 Å². The summed E-state index contributed by atoms with van der Waals surface area (Å²) >= 11 is 4.98. The number of hydrogen-bond acceptors (Lipinski definition) is 2. The van der Waals surface area contributed by atoms with Crippen molar-refractivity contribution in [1.82, 2.24) is 0 Å². The molecule has 1 atom stereocenters. The summed E-state index contributed by atoms with van der Waals surface area (Å²) in [5.74, 6) is -0.151. The number of anilines is 1. The van der Waals surface area contributed by atoms with E-state index in [9.17, 15) is 4.79 Å². The number of rotatable bonds is 5. The Labute approximate surface area is 114 Å². The van der Waals surface area contributed by atoms with Crippen molar-refractivity contribution < 1.29 is 4.79 Å². The Kier molecular flexibility index (Phi) is 4.84. The largest absolute Gasteiger partial charge is 0.392 e. The van der Waals surface area contributed by atoms with Crippen molar-refractivity contribution in [3.05, 3.63) is 29.8 Å². The van der Waals surface area contributed by atoms with Crippen molar-refractivity contribution in [3.8, 4) is 0 Å². The molecule has 3 nitrogen and oxygen atoms in total. The van der Waals surface area contributed by atoms with E-state index in [0.717, 1.165) is 12.1 Å². The second-order valence-electron chi connectivity index (χ2n) is 4.55. The summed E-state index contributed by atoms with van der Waals surface area (Å²) in [7, 11) is 0. The standard InChI is InChI=1S/C14H20N2OS/c1-4-10-6-8-11(9-7-10)16-13(17)14(3,5-2)12(15)18/h6-9H,4-5H2,1-3H3,(H2,15,18)(H,16,17). The highest BCUT2D eigenvalue weighted by Crippen LogP contribution is 2.24. The van der Waals surface area contributed by atoms with Crippen LogP contribution in [0.1, 0.15) is 32.8 Å². The molecule has 0 aliphatic carbocycles. The van der Waals surface area contributed by atoms with E-state index in [1.807, 2.05) is 31.2 Å². The van der Waals surface area contributed by atoms with E-state index < -0.39 is 5.41 Å². The molecule has 0 fully saturated rings. The highest BCUT2D eigenvalue weighted by molar-refractivity contribution is 7.80. The van der Waals surface area contributed by atoms with E-state index in [4.69, 9.17) is 18.0 Å². The monoisotopic (exact) mass is 264 g/mol. The van der Waals surface area contributed by atoms with Crippen molar-refractivity contribution in [1.29, 1.82) is 0 Å². The molecule has 4 heteroatoms. The summed E-state index contributed by atoms with van der Waals surface area (Å²) in [5.41, 5.74) is 6.87. The normalized spacial score (nSPS) is 13.7. The molecule has 0 radical (unpaired) electrons. The number of thiocarbonyl (C=S) groups is 1. The smallest absolute Gasteiger partial charge is 0.237 e. The fourth-order valence-electron chi connectivity index (χ4n) is 1.54. The molecule has 98 valence electrons. The molecule has 0 saturated carbocycles. The van der Waals surface area contributed by atoms with Gasteiger partial charge in [-0.3, -0.25) is 4.79 Å². The van der Waals surface area contributed by atoms with Crippen LogP contribution in [0.3, 0.4) is 0 Å². The van der Waals surface area contributed by atoms with Gasteiger partial charge in [0, 0.05) is 5.69 Å². The lowest BCUT2D eigenvalue weighted by Gasteiger charge is -2.25. The second kappa shape index (κ2) is 5.96. The average molecular weight is 264 g/mol. The topological polar surface area (TPSA) is 55.1 Å². The van der Waals surface area contributed by atoms with Crippen LogP contribution in [0.15, 0.2) is 24.3 Å². The predicted molar refractivity (Wildman–Crippen MR) is 79.6 cm³/mol. The van der Waals surface area contributed by atoms with E-state index in [-0.39, 0.29) is 10.9 Å². The minimum absolute atomic E-state index is 0.151.